The fraction of sp³-hybridized carbons (Fsp3) is 0.250. The van der Waals surface area contributed by atoms with Crippen molar-refractivity contribution in [2.24, 2.45) is 0 Å². The number of fused-ring (bicyclic) bond motifs is 1. The van der Waals surface area contributed by atoms with Crippen LogP contribution in [0, 0.1) is 0 Å². The van der Waals surface area contributed by atoms with Crippen LogP contribution in [0.1, 0.15) is 29.7 Å². The number of ether oxygens (including phenoxy) is 1. The molecule has 3 aromatic rings. The Labute approximate surface area is 151 Å². The number of nitrogens with zero attached hydrogens (tertiary/aromatic N) is 3. The molecule has 0 spiro atoms. The second-order valence-corrected chi connectivity index (χ2v) is 6.23. The molecule has 132 valence electrons. The molecule has 4 rings (SSSR count). The Bertz CT molecular complexity index is 877. The molecule has 1 aromatic heterocycles. The van der Waals surface area contributed by atoms with Gasteiger partial charge in [-0.1, -0.05) is 48.5 Å². The summed E-state index contributed by atoms with van der Waals surface area (Å²) in [5, 5.41) is 11.3. The first-order chi connectivity index (χ1) is 12.8. The van der Waals surface area contributed by atoms with Crippen molar-refractivity contribution in [3.63, 3.8) is 0 Å². The van der Waals surface area contributed by atoms with Crippen LogP contribution in [0.3, 0.4) is 0 Å². The second-order valence-electron chi connectivity index (χ2n) is 6.23. The van der Waals surface area contributed by atoms with E-state index in [0.29, 0.717) is 12.3 Å². The first-order valence-electron chi connectivity index (χ1n) is 8.76. The van der Waals surface area contributed by atoms with Gasteiger partial charge in [0.2, 0.25) is 6.10 Å². The SMILES string of the molecule is O=C(NCc1nnc2n1CCC2)[C@H](Oc1ccccc1)c1ccccc1. The number of amides is 1. The van der Waals surface area contributed by atoms with Crippen LogP contribution in [0.2, 0.25) is 0 Å². The highest BCUT2D eigenvalue weighted by molar-refractivity contribution is 5.82. The second kappa shape index (κ2) is 7.39. The molecule has 1 aliphatic rings. The number of carbonyl (C=O) groups is 1. The van der Waals surface area contributed by atoms with E-state index >= 15 is 0 Å². The van der Waals surface area contributed by atoms with E-state index in [1.165, 1.54) is 0 Å². The van der Waals surface area contributed by atoms with Crippen LogP contribution in [0.4, 0.5) is 0 Å². The molecular formula is C20H20N4O2. The van der Waals surface area contributed by atoms with Gasteiger partial charge in [0.15, 0.2) is 5.82 Å². The largest absolute Gasteiger partial charge is 0.476 e. The van der Waals surface area contributed by atoms with E-state index in [1.807, 2.05) is 60.7 Å². The number of aromatic nitrogens is 3. The van der Waals surface area contributed by atoms with Crippen molar-refractivity contribution in [3.8, 4) is 5.75 Å². The number of carbonyl (C=O) groups excluding carboxylic acids is 1. The summed E-state index contributed by atoms with van der Waals surface area (Å²) in [7, 11) is 0. The summed E-state index contributed by atoms with van der Waals surface area (Å²) in [6, 6.07) is 18.9. The van der Waals surface area contributed by atoms with Crippen LogP contribution in [0.5, 0.6) is 5.75 Å². The van der Waals surface area contributed by atoms with Crippen LogP contribution in [-0.2, 0) is 24.3 Å². The minimum Gasteiger partial charge on any atom is -0.476 e. The van der Waals surface area contributed by atoms with Crippen molar-refractivity contribution in [2.75, 3.05) is 0 Å². The number of para-hydroxylation sites is 1. The zero-order valence-electron chi connectivity index (χ0n) is 14.3. The maximum Gasteiger partial charge on any atom is 0.266 e. The first kappa shape index (κ1) is 16.3. The molecule has 26 heavy (non-hydrogen) atoms. The van der Waals surface area contributed by atoms with Crippen molar-refractivity contribution in [3.05, 3.63) is 77.9 Å². The van der Waals surface area contributed by atoms with E-state index in [9.17, 15) is 4.79 Å². The maximum atomic E-state index is 12.8. The Morgan fingerprint density at radius 1 is 1.08 bits per heavy atom. The highest BCUT2D eigenvalue weighted by atomic mass is 16.5. The van der Waals surface area contributed by atoms with Crippen LogP contribution in [0.25, 0.3) is 0 Å². The highest BCUT2D eigenvalue weighted by Gasteiger charge is 2.24. The van der Waals surface area contributed by atoms with Crippen LogP contribution in [-0.4, -0.2) is 20.7 Å². The molecule has 1 amide bonds. The number of aryl methyl sites for hydroxylation is 1. The molecule has 6 nitrogen and oxygen atoms in total. The normalized spacial score (nSPS) is 13.8. The summed E-state index contributed by atoms with van der Waals surface area (Å²) in [6.07, 6.45) is 1.31. The summed E-state index contributed by atoms with van der Waals surface area (Å²) in [5.74, 6) is 2.24. The van der Waals surface area contributed by atoms with Crippen molar-refractivity contribution in [1.29, 1.82) is 0 Å². The van der Waals surface area contributed by atoms with E-state index in [2.05, 4.69) is 20.1 Å². The van der Waals surface area contributed by atoms with E-state index < -0.39 is 6.10 Å². The number of hydrogen-bond donors (Lipinski definition) is 1. The van der Waals surface area contributed by atoms with E-state index in [1.54, 1.807) is 0 Å². The van der Waals surface area contributed by atoms with Crippen molar-refractivity contribution in [2.45, 2.75) is 32.0 Å². The lowest BCUT2D eigenvalue weighted by Gasteiger charge is -2.19. The molecule has 0 saturated carbocycles. The van der Waals surface area contributed by atoms with Gasteiger partial charge in [-0.2, -0.15) is 0 Å². The Morgan fingerprint density at radius 2 is 1.81 bits per heavy atom. The minimum atomic E-state index is -0.723. The lowest BCUT2D eigenvalue weighted by atomic mass is 10.1. The molecule has 0 unspecified atom stereocenters. The summed E-state index contributed by atoms with van der Waals surface area (Å²) in [4.78, 5) is 12.8. The fourth-order valence-electron chi connectivity index (χ4n) is 3.14. The molecule has 6 heteroatoms. The molecule has 2 heterocycles. The number of rotatable bonds is 6. The van der Waals surface area contributed by atoms with Crippen molar-refractivity contribution in [1.82, 2.24) is 20.1 Å². The van der Waals surface area contributed by atoms with Crippen molar-refractivity contribution >= 4 is 5.91 Å². The third-order valence-corrected chi connectivity index (χ3v) is 4.44. The van der Waals surface area contributed by atoms with E-state index in [0.717, 1.165) is 36.6 Å². The topological polar surface area (TPSA) is 69.0 Å². The molecule has 0 radical (unpaired) electrons. The number of hydrogen-bond acceptors (Lipinski definition) is 4. The van der Waals surface area contributed by atoms with Crippen LogP contribution < -0.4 is 10.1 Å². The maximum absolute atomic E-state index is 12.8. The third-order valence-electron chi connectivity index (χ3n) is 4.44. The van der Waals surface area contributed by atoms with Crippen LogP contribution >= 0.6 is 0 Å². The average molecular weight is 348 g/mol. The molecule has 1 atom stereocenters. The third kappa shape index (κ3) is 3.44. The zero-order chi connectivity index (χ0) is 17.8. The Morgan fingerprint density at radius 3 is 2.58 bits per heavy atom. The van der Waals surface area contributed by atoms with Gasteiger partial charge in [-0.15, -0.1) is 10.2 Å². The molecule has 0 fully saturated rings. The lowest BCUT2D eigenvalue weighted by molar-refractivity contribution is -0.128. The molecule has 0 saturated heterocycles. The molecular weight excluding hydrogens is 328 g/mol. The first-order valence-corrected chi connectivity index (χ1v) is 8.76. The van der Waals surface area contributed by atoms with Gasteiger partial charge in [0.1, 0.15) is 11.6 Å². The number of benzene rings is 2. The van der Waals surface area contributed by atoms with Gasteiger partial charge < -0.3 is 14.6 Å². The quantitative estimate of drug-likeness (QED) is 0.744. The molecule has 1 N–H and O–H groups in total. The van der Waals surface area contributed by atoms with Gasteiger partial charge >= 0.3 is 0 Å². The lowest BCUT2D eigenvalue weighted by Crippen LogP contribution is -2.32. The molecule has 0 aliphatic carbocycles. The molecule has 1 aliphatic heterocycles. The Balaban J connectivity index is 1.50. The predicted molar refractivity (Wildman–Crippen MR) is 96.4 cm³/mol. The number of nitrogens with one attached hydrogen (secondary N) is 1. The molecule has 2 aromatic carbocycles. The van der Waals surface area contributed by atoms with Gasteiger partial charge in [0.25, 0.3) is 5.91 Å². The Kier molecular flexibility index (Phi) is 4.64. The summed E-state index contributed by atoms with van der Waals surface area (Å²) >= 11 is 0. The monoisotopic (exact) mass is 348 g/mol. The predicted octanol–water partition coefficient (Wildman–Crippen LogP) is 2.66. The smallest absolute Gasteiger partial charge is 0.266 e. The van der Waals surface area contributed by atoms with Gasteiger partial charge in [0, 0.05) is 18.5 Å². The van der Waals surface area contributed by atoms with E-state index in [-0.39, 0.29) is 5.91 Å². The highest BCUT2D eigenvalue weighted by Crippen LogP contribution is 2.22. The molecule has 0 bridgehead atoms. The van der Waals surface area contributed by atoms with Gasteiger partial charge in [0.05, 0.1) is 6.54 Å². The zero-order valence-corrected chi connectivity index (χ0v) is 14.3. The van der Waals surface area contributed by atoms with Gasteiger partial charge in [-0.3, -0.25) is 4.79 Å². The summed E-state index contributed by atoms with van der Waals surface area (Å²) in [5.41, 5.74) is 0.806. The summed E-state index contributed by atoms with van der Waals surface area (Å²) < 4.78 is 8.05. The fourth-order valence-corrected chi connectivity index (χ4v) is 3.14. The van der Waals surface area contributed by atoms with Crippen LogP contribution in [0.15, 0.2) is 60.7 Å². The van der Waals surface area contributed by atoms with Gasteiger partial charge in [-0.25, -0.2) is 0 Å². The minimum absolute atomic E-state index is 0.199. The average Bonchev–Trinajstić information content (AvgIpc) is 3.30. The standard InChI is InChI=1S/C20H20N4O2/c25-20(21-14-18-23-22-17-12-7-13-24(17)18)19(15-8-3-1-4-9-15)26-16-10-5-2-6-11-16/h1-6,8-11,19H,7,12-14H2,(H,21,25)/t19-/m1/s1. The Hall–Kier alpha value is -3.15. The summed E-state index contributed by atoms with van der Waals surface area (Å²) in [6.45, 7) is 1.25. The van der Waals surface area contributed by atoms with Gasteiger partial charge in [-0.05, 0) is 18.6 Å². The van der Waals surface area contributed by atoms with Crippen molar-refractivity contribution < 1.29 is 9.53 Å². The van der Waals surface area contributed by atoms with E-state index in [4.69, 9.17) is 4.74 Å².